The van der Waals surface area contributed by atoms with Gasteiger partial charge in [-0.2, -0.15) is 0 Å². The monoisotopic (exact) mass is 380 g/mol. The summed E-state index contributed by atoms with van der Waals surface area (Å²) in [5.41, 5.74) is 4.21. The van der Waals surface area contributed by atoms with E-state index in [1.165, 1.54) is 5.56 Å². The molecule has 26 heavy (non-hydrogen) atoms. The molecule has 130 valence electrons. The Morgan fingerprint density at radius 2 is 1.73 bits per heavy atom. The normalized spacial score (nSPS) is 11.2. The second-order valence-electron chi connectivity index (χ2n) is 6.40. The number of benzene rings is 2. The Morgan fingerprint density at radius 3 is 2.42 bits per heavy atom. The van der Waals surface area contributed by atoms with Crippen LogP contribution in [-0.4, -0.2) is 9.97 Å². The van der Waals surface area contributed by atoms with E-state index in [-0.39, 0.29) is 5.56 Å². The average Bonchev–Trinajstić information content (AvgIpc) is 2.94. The van der Waals surface area contributed by atoms with Crippen molar-refractivity contribution in [2.75, 3.05) is 0 Å². The standard InChI is InChI=1S/C21H17ClN2OS/c1-12-3-7-15(8-4-12)18-13(2)26-21-19(18)20(25)23-17(24-21)11-14-5-9-16(22)10-6-14/h3-10H,11H2,1-2H3,(H,23,24,25). The topological polar surface area (TPSA) is 45.8 Å². The zero-order valence-electron chi connectivity index (χ0n) is 14.5. The van der Waals surface area contributed by atoms with E-state index >= 15 is 0 Å². The highest BCUT2D eigenvalue weighted by Crippen LogP contribution is 2.35. The van der Waals surface area contributed by atoms with Crippen molar-refractivity contribution in [3.63, 3.8) is 0 Å². The first-order chi connectivity index (χ1) is 12.5. The van der Waals surface area contributed by atoms with E-state index in [9.17, 15) is 4.79 Å². The van der Waals surface area contributed by atoms with Gasteiger partial charge in [0, 0.05) is 21.9 Å². The van der Waals surface area contributed by atoms with Crippen molar-refractivity contribution in [3.8, 4) is 11.1 Å². The fourth-order valence-corrected chi connectivity index (χ4v) is 4.30. The lowest BCUT2D eigenvalue weighted by Gasteiger charge is -2.04. The third-order valence-electron chi connectivity index (χ3n) is 4.41. The van der Waals surface area contributed by atoms with Crippen molar-refractivity contribution < 1.29 is 0 Å². The molecule has 0 aliphatic heterocycles. The van der Waals surface area contributed by atoms with Gasteiger partial charge in [0.05, 0.1) is 5.39 Å². The molecule has 0 amide bonds. The van der Waals surface area contributed by atoms with Gasteiger partial charge in [0.2, 0.25) is 0 Å². The maximum Gasteiger partial charge on any atom is 0.260 e. The van der Waals surface area contributed by atoms with E-state index < -0.39 is 0 Å². The fourth-order valence-electron chi connectivity index (χ4n) is 3.11. The molecular weight excluding hydrogens is 364 g/mol. The van der Waals surface area contributed by atoms with Crippen molar-refractivity contribution in [2.45, 2.75) is 20.3 Å². The van der Waals surface area contributed by atoms with Crippen molar-refractivity contribution in [1.82, 2.24) is 9.97 Å². The molecule has 1 N–H and O–H groups in total. The van der Waals surface area contributed by atoms with Crippen LogP contribution in [0, 0.1) is 13.8 Å². The largest absolute Gasteiger partial charge is 0.310 e. The minimum atomic E-state index is -0.0844. The van der Waals surface area contributed by atoms with Crippen LogP contribution in [0.1, 0.15) is 21.8 Å². The Bertz CT molecular complexity index is 1140. The van der Waals surface area contributed by atoms with Gasteiger partial charge in [-0.25, -0.2) is 4.98 Å². The number of fused-ring (bicyclic) bond motifs is 1. The fraction of sp³-hybridized carbons (Fsp3) is 0.143. The first-order valence-corrected chi connectivity index (χ1v) is 9.54. The summed E-state index contributed by atoms with van der Waals surface area (Å²) in [6.45, 7) is 4.10. The molecule has 0 aliphatic rings. The molecule has 0 radical (unpaired) electrons. The van der Waals surface area contributed by atoms with E-state index in [2.05, 4.69) is 36.2 Å². The molecule has 0 bridgehead atoms. The number of rotatable bonds is 3. The Balaban J connectivity index is 1.80. The molecule has 0 atom stereocenters. The van der Waals surface area contributed by atoms with Crippen LogP contribution in [0.15, 0.2) is 53.3 Å². The van der Waals surface area contributed by atoms with Crippen LogP contribution in [0.5, 0.6) is 0 Å². The number of nitrogens with zero attached hydrogens (tertiary/aromatic N) is 1. The number of thiophene rings is 1. The van der Waals surface area contributed by atoms with Gasteiger partial charge in [0.15, 0.2) is 0 Å². The molecule has 2 aromatic heterocycles. The first kappa shape index (κ1) is 17.0. The molecule has 0 unspecified atom stereocenters. The third-order valence-corrected chi connectivity index (χ3v) is 5.66. The van der Waals surface area contributed by atoms with E-state index in [1.54, 1.807) is 11.3 Å². The predicted octanol–water partition coefficient (Wildman–Crippen LogP) is 5.51. The van der Waals surface area contributed by atoms with E-state index in [1.807, 2.05) is 31.2 Å². The van der Waals surface area contributed by atoms with Crippen LogP contribution in [0.3, 0.4) is 0 Å². The van der Waals surface area contributed by atoms with Crippen molar-refractivity contribution in [3.05, 3.63) is 85.7 Å². The molecule has 0 aliphatic carbocycles. The van der Waals surface area contributed by atoms with Gasteiger partial charge in [-0.05, 0) is 37.1 Å². The lowest BCUT2D eigenvalue weighted by molar-refractivity contribution is 0.977. The smallest absolute Gasteiger partial charge is 0.260 e. The number of H-pyrrole nitrogens is 1. The first-order valence-electron chi connectivity index (χ1n) is 8.35. The Kier molecular flexibility index (Phi) is 4.39. The van der Waals surface area contributed by atoms with Crippen molar-refractivity contribution >= 4 is 33.2 Å². The second-order valence-corrected chi connectivity index (χ2v) is 8.03. The quantitative estimate of drug-likeness (QED) is 0.509. The number of hydrogen-bond donors (Lipinski definition) is 1. The Morgan fingerprint density at radius 1 is 1.04 bits per heavy atom. The number of aromatic nitrogens is 2. The number of hydrogen-bond acceptors (Lipinski definition) is 3. The van der Waals surface area contributed by atoms with Crippen molar-refractivity contribution in [1.29, 1.82) is 0 Å². The van der Waals surface area contributed by atoms with Crippen LogP contribution in [-0.2, 0) is 6.42 Å². The van der Waals surface area contributed by atoms with Crippen molar-refractivity contribution in [2.24, 2.45) is 0 Å². The van der Waals surface area contributed by atoms with Gasteiger partial charge >= 0.3 is 0 Å². The number of nitrogens with one attached hydrogen (secondary N) is 1. The minimum Gasteiger partial charge on any atom is -0.310 e. The number of aryl methyl sites for hydroxylation is 2. The predicted molar refractivity (Wildman–Crippen MR) is 109 cm³/mol. The summed E-state index contributed by atoms with van der Waals surface area (Å²) in [5.74, 6) is 0.668. The van der Waals surface area contributed by atoms with Crippen LogP contribution in [0.2, 0.25) is 5.02 Å². The van der Waals surface area contributed by atoms with E-state index in [0.717, 1.165) is 26.4 Å². The molecule has 0 saturated carbocycles. The van der Waals surface area contributed by atoms with Crippen LogP contribution < -0.4 is 5.56 Å². The van der Waals surface area contributed by atoms with Gasteiger partial charge in [0.25, 0.3) is 5.56 Å². The molecule has 0 fully saturated rings. The van der Waals surface area contributed by atoms with Gasteiger partial charge in [-0.15, -0.1) is 11.3 Å². The summed E-state index contributed by atoms with van der Waals surface area (Å²) in [5, 5.41) is 1.37. The van der Waals surface area contributed by atoms with Crippen LogP contribution in [0.4, 0.5) is 0 Å². The summed E-state index contributed by atoms with van der Waals surface area (Å²) in [6, 6.07) is 15.8. The molecule has 0 saturated heterocycles. The zero-order valence-corrected chi connectivity index (χ0v) is 16.0. The molecule has 4 rings (SSSR count). The Labute approximate surface area is 160 Å². The van der Waals surface area contributed by atoms with Gasteiger partial charge < -0.3 is 4.98 Å². The van der Waals surface area contributed by atoms with Crippen LogP contribution in [0.25, 0.3) is 21.3 Å². The molecule has 4 aromatic rings. The number of aromatic amines is 1. The highest BCUT2D eigenvalue weighted by Gasteiger charge is 2.16. The minimum absolute atomic E-state index is 0.0844. The highest BCUT2D eigenvalue weighted by atomic mass is 35.5. The summed E-state index contributed by atoms with van der Waals surface area (Å²) in [7, 11) is 0. The average molecular weight is 381 g/mol. The zero-order chi connectivity index (χ0) is 18.3. The summed E-state index contributed by atoms with van der Waals surface area (Å²) in [6.07, 6.45) is 0.569. The molecule has 5 heteroatoms. The highest BCUT2D eigenvalue weighted by molar-refractivity contribution is 7.19. The maximum atomic E-state index is 12.8. The lowest BCUT2D eigenvalue weighted by atomic mass is 10.0. The lowest BCUT2D eigenvalue weighted by Crippen LogP contribution is -2.11. The van der Waals surface area contributed by atoms with Gasteiger partial charge in [0.1, 0.15) is 10.7 Å². The molecule has 2 aromatic carbocycles. The Hall–Kier alpha value is -2.43. The molecule has 3 nitrogen and oxygen atoms in total. The van der Waals surface area contributed by atoms with Gasteiger partial charge in [-0.1, -0.05) is 53.6 Å². The molecule has 2 heterocycles. The maximum absolute atomic E-state index is 12.8. The van der Waals surface area contributed by atoms with E-state index in [0.29, 0.717) is 22.7 Å². The third kappa shape index (κ3) is 3.18. The second kappa shape index (κ2) is 6.71. The summed E-state index contributed by atoms with van der Waals surface area (Å²) in [4.78, 5) is 22.4. The SMILES string of the molecule is Cc1ccc(-c2c(C)sc3nc(Cc4ccc(Cl)cc4)[nH]c(=O)c23)cc1. The summed E-state index contributed by atoms with van der Waals surface area (Å²) >= 11 is 7.50. The molecule has 0 spiro atoms. The molecular formula is C21H17ClN2OS. The number of halogens is 1. The van der Waals surface area contributed by atoms with Crippen LogP contribution >= 0.6 is 22.9 Å². The van der Waals surface area contributed by atoms with Gasteiger partial charge in [-0.3, -0.25) is 4.79 Å². The van der Waals surface area contributed by atoms with E-state index in [4.69, 9.17) is 16.6 Å². The summed E-state index contributed by atoms with van der Waals surface area (Å²) < 4.78 is 0.